The molecule has 8 heteroatoms. The summed E-state index contributed by atoms with van der Waals surface area (Å²) in [7, 11) is 1.65. The molecule has 0 aromatic rings. The highest BCUT2D eigenvalue weighted by Crippen LogP contribution is 2.89. The van der Waals surface area contributed by atoms with E-state index in [-0.39, 0.29) is 63.4 Å². The van der Waals surface area contributed by atoms with Gasteiger partial charge in [-0.3, -0.25) is 0 Å². The van der Waals surface area contributed by atoms with Crippen LogP contribution in [0, 0.1) is 50.7 Å². The molecule has 5 aliphatic carbocycles. The number of methoxy groups -OCH3 is 1. The molecule has 7 fully saturated rings. The first kappa shape index (κ1) is 30.7. The van der Waals surface area contributed by atoms with Gasteiger partial charge in [-0.05, 0) is 105 Å². The van der Waals surface area contributed by atoms with E-state index in [1.54, 1.807) is 21.0 Å². The highest BCUT2D eigenvalue weighted by Gasteiger charge is 2.84. The summed E-state index contributed by atoms with van der Waals surface area (Å²) in [6, 6.07) is 0.0731. The highest BCUT2D eigenvalue weighted by atomic mass is 16.6. The van der Waals surface area contributed by atoms with Gasteiger partial charge in [0.15, 0.2) is 0 Å². The van der Waals surface area contributed by atoms with E-state index in [2.05, 4.69) is 39.9 Å². The molecule has 3 N–H and O–H groups in total. The Labute approximate surface area is 258 Å². The summed E-state index contributed by atoms with van der Waals surface area (Å²) in [4.78, 5) is 12.8. The summed E-state index contributed by atoms with van der Waals surface area (Å²) in [5.41, 5.74) is -0.854. The number of alkyl carbamates (subject to hydrolysis) is 1. The number of nitrogens with one attached hydrogen (secondary N) is 1. The van der Waals surface area contributed by atoms with Crippen molar-refractivity contribution >= 4 is 6.09 Å². The largest absolute Gasteiger partial charge is 0.446 e. The van der Waals surface area contributed by atoms with E-state index in [9.17, 15) is 15.0 Å². The monoisotopic (exact) mass is 603 g/mol. The molecular weight excluding hydrogens is 546 g/mol. The summed E-state index contributed by atoms with van der Waals surface area (Å²) >= 11 is 0. The fourth-order valence-corrected chi connectivity index (χ4v) is 13.3. The zero-order valence-electron chi connectivity index (χ0n) is 27.8. The molecule has 0 bridgehead atoms. The third-order valence-electron chi connectivity index (χ3n) is 15.3. The zero-order chi connectivity index (χ0) is 31.0. The van der Waals surface area contributed by atoms with E-state index < -0.39 is 17.8 Å². The number of amides is 1. The predicted octanol–water partition coefficient (Wildman–Crippen LogP) is 5.08. The van der Waals surface area contributed by atoms with Gasteiger partial charge in [0.05, 0.1) is 43.2 Å². The molecule has 43 heavy (non-hydrogen) atoms. The lowest BCUT2D eigenvalue weighted by Crippen LogP contribution is -2.60. The van der Waals surface area contributed by atoms with Crippen LogP contribution < -0.4 is 5.32 Å². The summed E-state index contributed by atoms with van der Waals surface area (Å²) < 4.78 is 24.0. The van der Waals surface area contributed by atoms with Crippen molar-refractivity contribution in [1.82, 2.24) is 5.32 Å². The minimum absolute atomic E-state index is 0.00946. The van der Waals surface area contributed by atoms with Crippen molar-refractivity contribution in [3.8, 4) is 0 Å². The van der Waals surface area contributed by atoms with Gasteiger partial charge in [-0.25, -0.2) is 4.79 Å². The van der Waals surface area contributed by atoms with Gasteiger partial charge in [0.25, 0.3) is 0 Å². The SMILES string of the molecule is CO[C@@H](C1C[C@@H](C)[C@H]2C(O1)[C@H](O)[C@@]1(C)C3CC[C@H]4C(C)(C)C(OC(=O)NC5COC5)CC[C@@]45C[C@@]35CC[C@]21C)C(C)(C)O. The molecule has 5 saturated carbocycles. The van der Waals surface area contributed by atoms with Crippen LogP contribution >= 0.6 is 0 Å². The fourth-order valence-electron chi connectivity index (χ4n) is 13.3. The van der Waals surface area contributed by atoms with Crippen LogP contribution in [0.1, 0.15) is 99.8 Å². The van der Waals surface area contributed by atoms with E-state index >= 15 is 0 Å². The molecule has 2 saturated heterocycles. The lowest BCUT2D eigenvalue weighted by molar-refractivity contribution is -0.209. The molecule has 7 rings (SSSR count). The molecule has 0 aromatic carbocycles. The van der Waals surface area contributed by atoms with E-state index in [1.165, 1.54) is 12.8 Å². The van der Waals surface area contributed by atoms with Crippen LogP contribution in [0.25, 0.3) is 0 Å². The highest BCUT2D eigenvalue weighted by molar-refractivity contribution is 5.68. The fraction of sp³-hybridized carbons (Fsp3) is 0.971. The predicted molar refractivity (Wildman–Crippen MR) is 161 cm³/mol. The van der Waals surface area contributed by atoms with Crippen molar-refractivity contribution < 1.29 is 34.0 Å². The maximum atomic E-state index is 12.8. The van der Waals surface area contributed by atoms with Crippen LogP contribution in [-0.2, 0) is 18.9 Å². The van der Waals surface area contributed by atoms with Gasteiger partial charge in [-0.2, -0.15) is 0 Å². The van der Waals surface area contributed by atoms with E-state index in [0.29, 0.717) is 31.0 Å². The van der Waals surface area contributed by atoms with E-state index in [1.807, 2.05) is 0 Å². The number of ether oxygens (including phenoxy) is 4. The number of fused-ring (bicyclic) bond motifs is 4. The molecule has 244 valence electrons. The number of carbonyl (C=O) groups excluding carboxylic acids is 1. The van der Waals surface area contributed by atoms with Crippen molar-refractivity contribution in [1.29, 1.82) is 0 Å². The third-order valence-corrected chi connectivity index (χ3v) is 15.3. The van der Waals surface area contributed by atoms with E-state index in [0.717, 1.165) is 38.5 Å². The lowest BCUT2D eigenvalue weighted by atomic mass is 9.41. The zero-order valence-corrected chi connectivity index (χ0v) is 27.8. The number of aliphatic hydroxyl groups is 2. The Kier molecular flexibility index (Phi) is 6.82. The minimum atomic E-state index is -1.03. The first-order valence-electron chi connectivity index (χ1n) is 17.2. The minimum Gasteiger partial charge on any atom is -0.446 e. The summed E-state index contributed by atoms with van der Waals surface area (Å²) in [6.45, 7) is 16.6. The normalized spacial score (nSPS) is 52.3. The molecule has 2 aliphatic heterocycles. The van der Waals surface area contributed by atoms with Gasteiger partial charge in [0.1, 0.15) is 12.2 Å². The summed E-state index contributed by atoms with van der Waals surface area (Å²) in [5.74, 6) is 1.62. The van der Waals surface area contributed by atoms with Gasteiger partial charge in [-0.1, -0.05) is 34.6 Å². The Hall–Kier alpha value is -0.930. The second kappa shape index (κ2) is 9.56. The molecule has 1 amide bonds. The first-order valence-corrected chi connectivity index (χ1v) is 17.2. The maximum Gasteiger partial charge on any atom is 0.407 e. The maximum absolute atomic E-state index is 12.8. The number of aliphatic hydroxyl groups excluding tert-OH is 1. The van der Waals surface area contributed by atoms with Crippen molar-refractivity contribution in [3.05, 3.63) is 0 Å². The van der Waals surface area contributed by atoms with Crippen LogP contribution in [-0.4, -0.2) is 78.8 Å². The molecule has 4 unspecified atom stereocenters. The Morgan fingerprint density at radius 1 is 1.02 bits per heavy atom. The van der Waals surface area contributed by atoms with E-state index in [4.69, 9.17) is 18.9 Å². The van der Waals surface area contributed by atoms with Gasteiger partial charge in [-0.15, -0.1) is 0 Å². The second-order valence-electron chi connectivity index (χ2n) is 17.6. The molecule has 13 atom stereocenters. The first-order chi connectivity index (χ1) is 20.1. The standard InChI is InChI=1S/C35H57NO7/c1-19-15-21(28(40-8)31(4,5)39)42-26-25(19)32(6)13-14-35-18-34(35)12-11-24(43-29(38)36-20-16-41-17-20)30(2,3)22(34)9-10-23(35)33(32,7)27(26)37/h19-28,37,39H,9-18H2,1-8H3,(H,36,38)/t19-,21?,22+,23?,24?,25+,26?,27+,28+,32-,33-,34-,35+/m1/s1. The Morgan fingerprint density at radius 2 is 1.70 bits per heavy atom. The number of carbonyl (C=O) groups is 1. The molecule has 7 aliphatic rings. The molecule has 2 spiro atoms. The number of hydrogen-bond donors (Lipinski definition) is 3. The van der Waals surface area contributed by atoms with Crippen molar-refractivity contribution in [3.63, 3.8) is 0 Å². The summed E-state index contributed by atoms with van der Waals surface area (Å²) in [6.07, 6.45) is 6.81. The lowest BCUT2D eigenvalue weighted by Gasteiger charge is -2.63. The third kappa shape index (κ3) is 3.88. The Bertz CT molecular complexity index is 1130. The summed E-state index contributed by atoms with van der Waals surface area (Å²) in [5, 5.41) is 26.3. The molecule has 0 radical (unpaired) electrons. The van der Waals surface area contributed by atoms with Gasteiger partial charge < -0.3 is 34.5 Å². The number of hydrogen-bond acceptors (Lipinski definition) is 7. The molecule has 8 nitrogen and oxygen atoms in total. The van der Waals surface area contributed by atoms with Crippen LogP contribution in [0.15, 0.2) is 0 Å². The van der Waals surface area contributed by atoms with Crippen LogP contribution in [0.2, 0.25) is 0 Å². The van der Waals surface area contributed by atoms with Crippen LogP contribution in [0.4, 0.5) is 4.79 Å². The quantitative estimate of drug-likeness (QED) is 0.403. The molecule has 2 heterocycles. The Morgan fingerprint density at radius 3 is 2.33 bits per heavy atom. The number of rotatable bonds is 5. The topological polar surface area (TPSA) is 106 Å². The van der Waals surface area contributed by atoms with Gasteiger partial charge in [0.2, 0.25) is 0 Å². The van der Waals surface area contributed by atoms with Crippen molar-refractivity contribution in [2.45, 2.75) is 142 Å². The average molecular weight is 604 g/mol. The van der Waals surface area contributed by atoms with Crippen LogP contribution in [0.3, 0.4) is 0 Å². The Balaban J connectivity index is 1.14. The average Bonchev–Trinajstić information content (AvgIpc) is 3.52. The van der Waals surface area contributed by atoms with Gasteiger partial charge >= 0.3 is 6.09 Å². The second-order valence-corrected chi connectivity index (χ2v) is 17.6. The van der Waals surface area contributed by atoms with Crippen molar-refractivity contribution in [2.24, 2.45) is 50.7 Å². The molecular formula is C35H57NO7. The smallest absolute Gasteiger partial charge is 0.407 e. The van der Waals surface area contributed by atoms with Crippen LogP contribution in [0.5, 0.6) is 0 Å². The van der Waals surface area contributed by atoms with Crippen molar-refractivity contribution in [2.75, 3.05) is 20.3 Å². The molecule has 0 aromatic heterocycles. The van der Waals surface area contributed by atoms with Gasteiger partial charge in [0, 0.05) is 17.9 Å².